The number of carbonyl (C=O) groups excluding carboxylic acids is 1. The Labute approximate surface area is 107 Å². The first-order valence-corrected chi connectivity index (χ1v) is 7.53. The molecule has 1 unspecified atom stereocenters. The van der Waals surface area contributed by atoms with Crippen LogP contribution in [0.4, 0.5) is 0 Å². The summed E-state index contributed by atoms with van der Waals surface area (Å²) in [6, 6.07) is 1.57. The quantitative estimate of drug-likeness (QED) is 0.854. The highest BCUT2D eigenvalue weighted by atomic mass is 32.2. The summed E-state index contributed by atoms with van der Waals surface area (Å²) in [7, 11) is 0. The van der Waals surface area contributed by atoms with Crippen LogP contribution in [0.3, 0.4) is 0 Å². The van der Waals surface area contributed by atoms with E-state index in [2.05, 4.69) is 11.8 Å². The lowest BCUT2D eigenvalue weighted by molar-refractivity contribution is 0.0902. The number of thiophene rings is 1. The monoisotopic (exact) mass is 273 g/mol. The second-order valence-corrected chi connectivity index (χ2v) is 6.47. The summed E-state index contributed by atoms with van der Waals surface area (Å²) in [5, 5.41) is 0. The van der Waals surface area contributed by atoms with E-state index in [0.717, 1.165) is 30.8 Å². The second-order valence-electron chi connectivity index (χ2n) is 4.14. The fourth-order valence-corrected chi connectivity index (χ4v) is 3.69. The SMILES string of the molecule is CCCCN1CC(=O)c2cc(S(=O)O)sc2C1. The molecule has 0 amide bonds. The molecule has 1 aromatic heterocycles. The second kappa shape index (κ2) is 5.39. The molecule has 1 aliphatic heterocycles. The van der Waals surface area contributed by atoms with Crippen LogP contribution < -0.4 is 0 Å². The number of carbonyl (C=O) groups is 1. The maximum Gasteiger partial charge on any atom is 0.196 e. The summed E-state index contributed by atoms with van der Waals surface area (Å²) in [5.41, 5.74) is 0.639. The van der Waals surface area contributed by atoms with Crippen LogP contribution in [0, 0.1) is 0 Å². The van der Waals surface area contributed by atoms with E-state index in [0.29, 0.717) is 16.3 Å². The Hall–Kier alpha value is -0.560. The van der Waals surface area contributed by atoms with Crippen molar-refractivity contribution in [2.45, 2.75) is 30.5 Å². The zero-order chi connectivity index (χ0) is 12.4. The molecule has 1 aromatic rings. The average molecular weight is 273 g/mol. The van der Waals surface area contributed by atoms with E-state index in [9.17, 15) is 9.00 Å². The van der Waals surface area contributed by atoms with Crippen LogP contribution in [0.1, 0.15) is 35.0 Å². The largest absolute Gasteiger partial charge is 0.302 e. The number of Topliss-reactive ketones (excluding diaryl/α,β-unsaturated/α-hetero) is 1. The third-order valence-electron chi connectivity index (χ3n) is 2.82. The van der Waals surface area contributed by atoms with Crippen LogP contribution in [0.5, 0.6) is 0 Å². The molecule has 1 atom stereocenters. The molecular weight excluding hydrogens is 258 g/mol. The smallest absolute Gasteiger partial charge is 0.196 e. The van der Waals surface area contributed by atoms with Gasteiger partial charge in [0, 0.05) is 17.0 Å². The first kappa shape index (κ1) is 12.9. The highest BCUT2D eigenvalue weighted by molar-refractivity contribution is 7.81. The van der Waals surface area contributed by atoms with Crippen molar-refractivity contribution in [2.24, 2.45) is 0 Å². The lowest BCUT2D eigenvalue weighted by Gasteiger charge is -2.25. The number of unbranched alkanes of at least 4 members (excludes halogenated alkanes) is 1. The van der Waals surface area contributed by atoms with E-state index in [-0.39, 0.29) is 5.78 Å². The Kier molecular flexibility index (Phi) is 4.09. The molecule has 0 aromatic carbocycles. The van der Waals surface area contributed by atoms with Gasteiger partial charge >= 0.3 is 0 Å². The van der Waals surface area contributed by atoms with Crippen LogP contribution in [-0.4, -0.2) is 32.5 Å². The van der Waals surface area contributed by atoms with Crippen LogP contribution in [-0.2, 0) is 17.6 Å². The van der Waals surface area contributed by atoms with Gasteiger partial charge in [-0.15, -0.1) is 11.3 Å². The minimum atomic E-state index is -1.98. The lowest BCUT2D eigenvalue weighted by atomic mass is 10.1. The van der Waals surface area contributed by atoms with Gasteiger partial charge < -0.3 is 4.55 Å². The molecule has 1 N–H and O–H groups in total. The van der Waals surface area contributed by atoms with Crippen molar-refractivity contribution >= 4 is 28.2 Å². The van der Waals surface area contributed by atoms with Gasteiger partial charge in [0.2, 0.25) is 0 Å². The number of nitrogens with zero attached hydrogens (tertiary/aromatic N) is 1. The molecule has 0 fully saturated rings. The summed E-state index contributed by atoms with van der Waals surface area (Å²) in [5.74, 6) is 0.0651. The fraction of sp³-hybridized carbons (Fsp3) is 0.545. The predicted octanol–water partition coefficient (Wildman–Crippen LogP) is 2.13. The zero-order valence-corrected chi connectivity index (χ0v) is 11.3. The molecule has 4 nitrogen and oxygen atoms in total. The Balaban J connectivity index is 2.18. The molecule has 2 rings (SSSR count). The molecule has 0 aliphatic carbocycles. The van der Waals surface area contributed by atoms with Crippen molar-refractivity contribution in [1.82, 2.24) is 4.90 Å². The van der Waals surface area contributed by atoms with E-state index in [1.165, 1.54) is 11.3 Å². The van der Waals surface area contributed by atoms with Gasteiger partial charge in [-0.05, 0) is 19.0 Å². The summed E-state index contributed by atoms with van der Waals surface area (Å²) in [4.78, 5) is 14.9. The Bertz CT molecular complexity index is 456. The van der Waals surface area contributed by atoms with Crippen molar-refractivity contribution in [3.05, 3.63) is 16.5 Å². The molecular formula is C11H15NO3S2. The minimum absolute atomic E-state index is 0.0651. The Morgan fingerprint density at radius 3 is 2.94 bits per heavy atom. The molecule has 2 heterocycles. The van der Waals surface area contributed by atoms with Gasteiger partial charge in [0.25, 0.3) is 0 Å². The molecule has 0 radical (unpaired) electrons. The number of hydrogen-bond donors (Lipinski definition) is 1. The molecule has 1 aliphatic rings. The number of fused-ring (bicyclic) bond motifs is 1. The first-order valence-electron chi connectivity index (χ1n) is 5.61. The number of hydrogen-bond acceptors (Lipinski definition) is 4. The molecule has 17 heavy (non-hydrogen) atoms. The summed E-state index contributed by atoms with van der Waals surface area (Å²) < 4.78 is 20.4. The van der Waals surface area contributed by atoms with E-state index in [1.807, 2.05) is 0 Å². The standard InChI is InChI=1S/C11H15NO3S2/c1-2-3-4-12-6-9(13)8-5-11(17(14)15)16-10(8)7-12/h5H,2-4,6-7H2,1H3,(H,14,15). The third kappa shape index (κ3) is 2.82. The maximum absolute atomic E-state index is 11.9. The fourth-order valence-electron chi connectivity index (χ4n) is 1.93. The lowest BCUT2D eigenvalue weighted by Crippen LogP contribution is -2.34. The van der Waals surface area contributed by atoms with Gasteiger partial charge in [-0.2, -0.15) is 0 Å². The van der Waals surface area contributed by atoms with Gasteiger partial charge in [-0.25, -0.2) is 4.21 Å². The van der Waals surface area contributed by atoms with Crippen molar-refractivity contribution in [3.8, 4) is 0 Å². The Morgan fingerprint density at radius 2 is 2.29 bits per heavy atom. The van der Waals surface area contributed by atoms with E-state index < -0.39 is 11.1 Å². The van der Waals surface area contributed by atoms with Gasteiger partial charge in [-0.1, -0.05) is 13.3 Å². The summed E-state index contributed by atoms with van der Waals surface area (Å²) >= 11 is -0.706. The third-order valence-corrected chi connectivity index (χ3v) is 4.88. The van der Waals surface area contributed by atoms with Crippen molar-refractivity contribution < 1.29 is 13.6 Å². The highest BCUT2D eigenvalue weighted by Gasteiger charge is 2.26. The molecule has 0 spiro atoms. The van der Waals surface area contributed by atoms with Crippen LogP contribution in [0.2, 0.25) is 0 Å². The summed E-state index contributed by atoms with van der Waals surface area (Å²) in [6.07, 6.45) is 2.18. The minimum Gasteiger partial charge on any atom is -0.302 e. The topological polar surface area (TPSA) is 57.6 Å². The van der Waals surface area contributed by atoms with E-state index in [4.69, 9.17) is 4.55 Å². The number of ketones is 1. The number of rotatable bonds is 4. The first-order chi connectivity index (χ1) is 8.11. The summed E-state index contributed by atoms with van der Waals surface area (Å²) in [6.45, 7) is 4.19. The molecule has 0 saturated carbocycles. The molecule has 0 saturated heterocycles. The van der Waals surface area contributed by atoms with Gasteiger partial charge in [0.1, 0.15) is 4.21 Å². The molecule has 6 heteroatoms. The van der Waals surface area contributed by atoms with E-state index >= 15 is 0 Å². The Morgan fingerprint density at radius 1 is 1.53 bits per heavy atom. The normalized spacial score (nSPS) is 18.1. The van der Waals surface area contributed by atoms with Crippen LogP contribution in [0.15, 0.2) is 10.3 Å². The van der Waals surface area contributed by atoms with Crippen LogP contribution in [0.25, 0.3) is 0 Å². The van der Waals surface area contributed by atoms with Crippen LogP contribution >= 0.6 is 11.3 Å². The molecule has 94 valence electrons. The zero-order valence-electron chi connectivity index (χ0n) is 9.64. The van der Waals surface area contributed by atoms with E-state index in [1.54, 1.807) is 6.07 Å². The molecule has 0 bridgehead atoms. The average Bonchev–Trinajstić information content (AvgIpc) is 2.71. The maximum atomic E-state index is 11.9. The van der Waals surface area contributed by atoms with Gasteiger partial charge in [0.05, 0.1) is 6.54 Å². The van der Waals surface area contributed by atoms with Crippen molar-refractivity contribution in [1.29, 1.82) is 0 Å². The van der Waals surface area contributed by atoms with Gasteiger partial charge in [-0.3, -0.25) is 9.69 Å². The highest BCUT2D eigenvalue weighted by Crippen LogP contribution is 2.29. The predicted molar refractivity (Wildman–Crippen MR) is 67.9 cm³/mol. The van der Waals surface area contributed by atoms with Crippen molar-refractivity contribution in [3.63, 3.8) is 0 Å². The van der Waals surface area contributed by atoms with Crippen molar-refractivity contribution in [2.75, 3.05) is 13.1 Å². The van der Waals surface area contributed by atoms with Gasteiger partial charge in [0.15, 0.2) is 16.9 Å².